The molecule has 0 aromatic heterocycles. The summed E-state index contributed by atoms with van der Waals surface area (Å²) in [6.07, 6.45) is 7.16. The fraction of sp³-hybridized carbons (Fsp3) is 0.238. The van der Waals surface area contributed by atoms with Gasteiger partial charge in [-0.25, -0.2) is 0 Å². The van der Waals surface area contributed by atoms with Crippen LogP contribution in [0.15, 0.2) is 127 Å². The molecule has 5 aliphatic carbocycles. The fourth-order valence-corrected chi connectivity index (χ4v) is 10.5. The second-order valence-electron chi connectivity index (χ2n) is 13.8. The first-order valence-electron chi connectivity index (χ1n) is 16.3. The molecule has 208 valence electrons. The van der Waals surface area contributed by atoms with Crippen molar-refractivity contribution in [2.45, 2.75) is 37.5 Å². The number of anilines is 3. The summed E-state index contributed by atoms with van der Waals surface area (Å²) < 4.78 is 0. The minimum Gasteiger partial charge on any atom is -0.310 e. The average molecular weight is 554 g/mol. The van der Waals surface area contributed by atoms with Gasteiger partial charge in [-0.2, -0.15) is 0 Å². The van der Waals surface area contributed by atoms with Crippen LogP contribution in [0.4, 0.5) is 17.1 Å². The zero-order chi connectivity index (χ0) is 28.1. The first-order chi connectivity index (χ1) is 21.3. The van der Waals surface area contributed by atoms with Crippen molar-refractivity contribution in [2.75, 3.05) is 4.90 Å². The molecular weight excluding hydrogens is 518 g/mol. The molecule has 0 amide bonds. The molecule has 11 rings (SSSR count). The summed E-state index contributed by atoms with van der Waals surface area (Å²) in [7, 11) is 0. The van der Waals surface area contributed by atoms with Gasteiger partial charge < -0.3 is 4.90 Å². The van der Waals surface area contributed by atoms with Gasteiger partial charge in [0.15, 0.2) is 0 Å². The molecule has 0 saturated heterocycles. The molecule has 1 spiro atoms. The largest absolute Gasteiger partial charge is 0.310 e. The van der Waals surface area contributed by atoms with Crippen LogP contribution in [0.1, 0.15) is 43.2 Å². The van der Waals surface area contributed by atoms with Crippen LogP contribution >= 0.6 is 0 Å². The summed E-state index contributed by atoms with van der Waals surface area (Å²) in [5.41, 5.74) is 10.0. The molecule has 1 heteroatoms. The summed E-state index contributed by atoms with van der Waals surface area (Å²) in [6.45, 7) is 0. The Labute approximate surface area is 253 Å². The van der Waals surface area contributed by atoms with Gasteiger partial charge in [0, 0.05) is 22.2 Å². The number of hydrogen-bond donors (Lipinski definition) is 0. The molecule has 1 nitrogen and oxygen atoms in total. The molecule has 5 aliphatic rings. The summed E-state index contributed by atoms with van der Waals surface area (Å²) in [5, 5.41) is 5.16. The molecule has 0 radical (unpaired) electrons. The molecule has 4 saturated carbocycles. The van der Waals surface area contributed by atoms with Crippen molar-refractivity contribution in [3.63, 3.8) is 0 Å². The van der Waals surface area contributed by atoms with E-state index in [-0.39, 0.29) is 5.41 Å². The molecule has 0 aliphatic heterocycles. The van der Waals surface area contributed by atoms with E-state index in [9.17, 15) is 0 Å². The van der Waals surface area contributed by atoms with E-state index >= 15 is 0 Å². The molecule has 6 aromatic carbocycles. The van der Waals surface area contributed by atoms with Gasteiger partial charge in [0.2, 0.25) is 0 Å². The molecule has 6 aromatic rings. The Hall–Kier alpha value is -4.36. The number of para-hydroxylation sites is 1. The zero-order valence-corrected chi connectivity index (χ0v) is 24.4. The number of rotatable bonds is 3. The van der Waals surface area contributed by atoms with E-state index in [2.05, 4.69) is 132 Å². The lowest BCUT2D eigenvalue weighted by Crippen LogP contribution is -2.55. The van der Waals surface area contributed by atoms with Crippen LogP contribution in [-0.4, -0.2) is 0 Å². The van der Waals surface area contributed by atoms with Crippen molar-refractivity contribution in [1.82, 2.24) is 0 Å². The predicted molar refractivity (Wildman–Crippen MR) is 179 cm³/mol. The van der Waals surface area contributed by atoms with Gasteiger partial charge in [-0.05, 0) is 125 Å². The lowest BCUT2D eigenvalue weighted by molar-refractivity contribution is -0.0399. The Morgan fingerprint density at radius 2 is 1.09 bits per heavy atom. The Morgan fingerprint density at radius 1 is 0.465 bits per heavy atom. The smallest absolute Gasteiger partial charge is 0.0546 e. The highest BCUT2D eigenvalue weighted by atomic mass is 15.1. The number of hydrogen-bond acceptors (Lipinski definition) is 1. The summed E-state index contributed by atoms with van der Waals surface area (Å²) in [6, 6.07) is 48.1. The summed E-state index contributed by atoms with van der Waals surface area (Å²) in [4.78, 5) is 2.50. The third-order valence-corrected chi connectivity index (χ3v) is 11.8. The monoisotopic (exact) mass is 553 g/mol. The van der Waals surface area contributed by atoms with Crippen LogP contribution in [0.5, 0.6) is 0 Å². The highest BCUT2D eigenvalue weighted by Crippen LogP contribution is 2.69. The Bertz CT molecular complexity index is 2030. The van der Waals surface area contributed by atoms with Crippen molar-refractivity contribution in [3.05, 3.63) is 139 Å². The molecule has 4 bridgehead atoms. The molecule has 4 fully saturated rings. The maximum absolute atomic E-state index is 2.55. The minimum absolute atomic E-state index is 0.200. The zero-order valence-electron chi connectivity index (χ0n) is 24.4. The van der Waals surface area contributed by atoms with E-state index < -0.39 is 0 Å². The van der Waals surface area contributed by atoms with Crippen molar-refractivity contribution in [1.29, 1.82) is 0 Å². The van der Waals surface area contributed by atoms with E-state index in [1.165, 1.54) is 81.8 Å². The van der Waals surface area contributed by atoms with Gasteiger partial charge in [-0.15, -0.1) is 0 Å². The molecule has 0 atom stereocenters. The van der Waals surface area contributed by atoms with Crippen molar-refractivity contribution < 1.29 is 0 Å². The van der Waals surface area contributed by atoms with Gasteiger partial charge in [-0.3, -0.25) is 0 Å². The minimum atomic E-state index is 0.200. The molecule has 0 unspecified atom stereocenters. The number of benzene rings is 6. The first kappa shape index (κ1) is 24.1. The van der Waals surface area contributed by atoms with E-state index in [0.717, 1.165) is 23.7 Å². The van der Waals surface area contributed by atoms with Crippen LogP contribution in [0.2, 0.25) is 0 Å². The maximum atomic E-state index is 2.55. The Balaban J connectivity index is 1.22. The normalized spacial score (nSPS) is 26.2. The van der Waals surface area contributed by atoms with Crippen LogP contribution in [0, 0.1) is 23.7 Å². The van der Waals surface area contributed by atoms with E-state index in [1.54, 1.807) is 11.1 Å². The lowest BCUT2D eigenvalue weighted by Gasteiger charge is -2.61. The highest BCUT2D eigenvalue weighted by molar-refractivity contribution is 6.14. The average Bonchev–Trinajstić information content (AvgIpc) is 3.34. The SMILES string of the molecule is c1ccc(N(c2ccc3c(c2)-c2ccccc2C32C3CC4CC(C3)CC2C4)c2cc3ccccc3c3ccccc23)cc1. The van der Waals surface area contributed by atoms with E-state index in [4.69, 9.17) is 0 Å². The van der Waals surface area contributed by atoms with Gasteiger partial charge >= 0.3 is 0 Å². The molecule has 0 N–H and O–H groups in total. The molecule has 43 heavy (non-hydrogen) atoms. The van der Waals surface area contributed by atoms with Gasteiger partial charge in [0.25, 0.3) is 0 Å². The lowest BCUT2D eigenvalue weighted by atomic mass is 9.43. The van der Waals surface area contributed by atoms with Gasteiger partial charge in [0.1, 0.15) is 0 Å². The van der Waals surface area contributed by atoms with Gasteiger partial charge in [-0.1, -0.05) is 97.1 Å². The molecule has 0 heterocycles. The number of nitrogens with zero attached hydrogens (tertiary/aromatic N) is 1. The van der Waals surface area contributed by atoms with Gasteiger partial charge in [0.05, 0.1) is 5.69 Å². The van der Waals surface area contributed by atoms with Crippen molar-refractivity contribution in [3.8, 4) is 11.1 Å². The third kappa shape index (κ3) is 3.23. The topological polar surface area (TPSA) is 3.24 Å². The van der Waals surface area contributed by atoms with Crippen molar-refractivity contribution in [2.24, 2.45) is 23.7 Å². The maximum Gasteiger partial charge on any atom is 0.0546 e. The van der Waals surface area contributed by atoms with Crippen LogP contribution in [0.3, 0.4) is 0 Å². The fourth-order valence-electron chi connectivity index (χ4n) is 10.5. The second kappa shape index (κ2) is 8.83. The number of fused-ring (bicyclic) bond motifs is 6. The van der Waals surface area contributed by atoms with Crippen molar-refractivity contribution >= 4 is 38.6 Å². The third-order valence-electron chi connectivity index (χ3n) is 11.8. The molecular formula is C42H35N. The standard InChI is InChI=1S/C42H35N/c1-2-11-32(12-3-1)43(41-25-29-10-4-5-13-34(29)35-14-6-7-16-37(35)41)33-18-19-40-38(26-33)36-15-8-9-17-39(36)42(40)30-21-27-20-28(23-30)24-31(42)22-27/h1-19,25-28,30-31H,20-24H2. The quantitative estimate of drug-likeness (QED) is 0.197. The van der Waals surface area contributed by atoms with Crippen LogP contribution in [0.25, 0.3) is 32.7 Å². The predicted octanol–water partition coefficient (Wildman–Crippen LogP) is 11.2. The highest BCUT2D eigenvalue weighted by Gasteiger charge is 2.61. The Morgan fingerprint density at radius 3 is 1.88 bits per heavy atom. The Kier molecular flexibility index (Phi) is 4.95. The second-order valence-corrected chi connectivity index (χ2v) is 13.8. The van der Waals surface area contributed by atoms with E-state index in [1.807, 2.05) is 0 Å². The summed E-state index contributed by atoms with van der Waals surface area (Å²) >= 11 is 0. The van der Waals surface area contributed by atoms with Crippen LogP contribution in [-0.2, 0) is 5.41 Å². The van der Waals surface area contributed by atoms with Crippen LogP contribution < -0.4 is 4.90 Å². The van der Waals surface area contributed by atoms with E-state index in [0.29, 0.717) is 0 Å². The first-order valence-corrected chi connectivity index (χ1v) is 16.3. The summed E-state index contributed by atoms with van der Waals surface area (Å²) in [5.74, 6) is 3.48.